The first-order valence-electron chi connectivity index (χ1n) is 3.73. The van der Waals surface area contributed by atoms with E-state index in [0.29, 0.717) is 0 Å². The number of H-pyrrole nitrogens is 1. The summed E-state index contributed by atoms with van der Waals surface area (Å²) in [5, 5.41) is 3.48. The predicted molar refractivity (Wildman–Crippen MR) is 48.8 cm³/mol. The second kappa shape index (κ2) is 3.74. The Kier molecular flexibility index (Phi) is 2.84. The molecule has 0 aliphatic carbocycles. The highest BCUT2D eigenvalue weighted by Gasteiger charge is 2.04. The van der Waals surface area contributed by atoms with Crippen molar-refractivity contribution in [3.63, 3.8) is 0 Å². The average Bonchev–Trinajstić information content (AvgIpc) is 2.00. The smallest absolute Gasteiger partial charge is 0.271 e. The van der Waals surface area contributed by atoms with E-state index in [4.69, 9.17) is 0 Å². The molecule has 0 saturated carbocycles. The van der Waals surface area contributed by atoms with Crippen LogP contribution in [0, 0.1) is 0 Å². The van der Waals surface area contributed by atoms with Gasteiger partial charge in [-0.05, 0) is 0 Å². The molecule has 0 amide bonds. The van der Waals surface area contributed by atoms with Gasteiger partial charge in [0.15, 0.2) is 0 Å². The lowest BCUT2D eigenvalue weighted by molar-refractivity contribution is 0.563. The minimum atomic E-state index is -3.14. The van der Waals surface area contributed by atoms with Crippen LogP contribution in [0.25, 0.3) is 0 Å². The predicted octanol–water partition coefficient (Wildman–Crippen LogP) is -2.02. The van der Waals surface area contributed by atoms with Crippen molar-refractivity contribution in [3.8, 4) is 0 Å². The molecule has 0 saturated heterocycles. The number of hydrogen-bond acceptors (Lipinski definition) is 5. The van der Waals surface area contributed by atoms with E-state index in [9.17, 15) is 18.0 Å². The molecule has 0 aromatic carbocycles. The largest absolute Gasteiger partial charge is 0.344 e. The van der Waals surface area contributed by atoms with Crippen LogP contribution in [0.4, 0.5) is 0 Å². The molecule has 1 N–H and O–H groups in total. The zero-order valence-corrected chi connectivity index (χ0v) is 8.24. The van der Waals surface area contributed by atoms with Gasteiger partial charge in [-0.2, -0.15) is 5.10 Å². The maximum absolute atomic E-state index is 11.0. The first-order chi connectivity index (χ1) is 6.38. The van der Waals surface area contributed by atoms with Gasteiger partial charge in [0.05, 0.1) is 12.3 Å². The van der Waals surface area contributed by atoms with Crippen LogP contribution in [0.3, 0.4) is 0 Å². The average molecular weight is 219 g/mol. The van der Waals surface area contributed by atoms with Gasteiger partial charge in [-0.15, -0.1) is 0 Å². The van der Waals surface area contributed by atoms with Gasteiger partial charge in [-0.25, -0.2) is 17.9 Å². The third-order valence-corrected chi connectivity index (χ3v) is 2.38. The minimum absolute atomic E-state index is 0.0611. The Hall–Kier alpha value is -1.44. The van der Waals surface area contributed by atoms with Crippen LogP contribution >= 0.6 is 0 Å². The van der Waals surface area contributed by atoms with Crippen molar-refractivity contribution in [2.75, 3.05) is 12.0 Å². The number of hydrogen-bond donors (Lipinski definition) is 1. The molecule has 0 fully saturated rings. The van der Waals surface area contributed by atoms with Crippen molar-refractivity contribution in [2.24, 2.45) is 0 Å². The zero-order valence-electron chi connectivity index (χ0n) is 7.43. The Bertz CT molecular complexity index is 526. The first-order valence-corrected chi connectivity index (χ1v) is 5.79. The molecule has 0 spiro atoms. The Labute approximate surface area is 79.3 Å². The molecular formula is C6H9N3O4S. The van der Waals surface area contributed by atoms with E-state index in [2.05, 4.69) is 5.10 Å². The van der Waals surface area contributed by atoms with Crippen LogP contribution in [0.2, 0.25) is 0 Å². The van der Waals surface area contributed by atoms with Crippen LogP contribution in [0.1, 0.15) is 0 Å². The third kappa shape index (κ3) is 3.13. The summed E-state index contributed by atoms with van der Waals surface area (Å²) in [4.78, 5) is 23.6. The molecule has 0 aliphatic heterocycles. The van der Waals surface area contributed by atoms with Crippen molar-refractivity contribution >= 4 is 9.84 Å². The van der Waals surface area contributed by atoms with Gasteiger partial charge in [-0.3, -0.25) is 9.78 Å². The monoisotopic (exact) mass is 219 g/mol. The van der Waals surface area contributed by atoms with E-state index in [1.807, 2.05) is 4.98 Å². The number of nitrogens with one attached hydrogen (secondary N) is 1. The van der Waals surface area contributed by atoms with Gasteiger partial charge in [-0.1, -0.05) is 0 Å². The van der Waals surface area contributed by atoms with E-state index in [-0.39, 0.29) is 12.3 Å². The number of aryl methyl sites for hydroxylation is 1. The summed E-state index contributed by atoms with van der Waals surface area (Å²) in [6.07, 6.45) is 1.98. The molecule has 1 rings (SSSR count). The number of aromatic amines is 1. The maximum Gasteiger partial charge on any atom is 0.344 e. The Morgan fingerprint density at radius 1 is 1.50 bits per heavy atom. The lowest BCUT2D eigenvalue weighted by Gasteiger charge is -2.00. The van der Waals surface area contributed by atoms with Gasteiger partial charge >= 0.3 is 5.69 Å². The lowest BCUT2D eigenvalue weighted by Crippen LogP contribution is -2.33. The summed E-state index contributed by atoms with van der Waals surface area (Å²) in [7, 11) is -3.14. The normalized spacial score (nSPS) is 11.5. The van der Waals surface area contributed by atoms with Crippen LogP contribution in [-0.2, 0) is 16.4 Å². The summed E-state index contributed by atoms with van der Waals surface area (Å²) >= 11 is 0. The number of aromatic nitrogens is 3. The minimum Gasteiger partial charge on any atom is -0.271 e. The van der Waals surface area contributed by atoms with Crippen LogP contribution in [0.5, 0.6) is 0 Å². The van der Waals surface area contributed by atoms with Gasteiger partial charge in [0, 0.05) is 6.26 Å². The van der Waals surface area contributed by atoms with E-state index in [1.165, 1.54) is 0 Å². The topological polar surface area (TPSA) is 102 Å². The van der Waals surface area contributed by atoms with Crippen molar-refractivity contribution in [2.45, 2.75) is 6.54 Å². The number of nitrogens with zero attached hydrogens (tertiary/aromatic N) is 2. The summed E-state index contributed by atoms with van der Waals surface area (Å²) in [6.45, 7) is -0.0611. The molecule has 0 atom stereocenters. The fraction of sp³-hybridized carbons (Fsp3) is 0.500. The van der Waals surface area contributed by atoms with Crippen LogP contribution in [-0.4, -0.2) is 35.2 Å². The van der Waals surface area contributed by atoms with Gasteiger partial charge in [0.2, 0.25) is 0 Å². The fourth-order valence-corrected chi connectivity index (χ4v) is 1.29. The second-order valence-corrected chi connectivity index (χ2v) is 5.05. The molecule has 14 heavy (non-hydrogen) atoms. The van der Waals surface area contributed by atoms with Crippen molar-refractivity contribution in [1.29, 1.82) is 0 Å². The third-order valence-electron chi connectivity index (χ3n) is 1.45. The number of sulfone groups is 1. The lowest BCUT2D eigenvalue weighted by atomic mass is 10.7. The molecule has 8 heteroatoms. The fourth-order valence-electron chi connectivity index (χ4n) is 0.788. The molecule has 1 heterocycles. The van der Waals surface area contributed by atoms with Crippen LogP contribution < -0.4 is 11.2 Å². The second-order valence-electron chi connectivity index (χ2n) is 2.79. The Morgan fingerprint density at radius 2 is 2.14 bits per heavy atom. The highest BCUT2D eigenvalue weighted by molar-refractivity contribution is 7.90. The van der Waals surface area contributed by atoms with Gasteiger partial charge < -0.3 is 0 Å². The van der Waals surface area contributed by atoms with Gasteiger partial charge in [0.1, 0.15) is 16.0 Å². The van der Waals surface area contributed by atoms with E-state index >= 15 is 0 Å². The molecule has 0 radical (unpaired) electrons. The summed E-state index contributed by atoms with van der Waals surface area (Å²) in [5.41, 5.74) is -1.31. The van der Waals surface area contributed by atoms with Crippen molar-refractivity contribution in [1.82, 2.24) is 14.8 Å². The quantitative estimate of drug-likeness (QED) is 0.632. The molecular weight excluding hydrogens is 210 g/mol. The molecule has 7 nitrogen and oxygen atoms in total. The van der Waals surface area contributed by atoms with Crippen molar-refractivity contribution < 1.29 is 8.42 Å². The Balaban J connectivity index is 2.89. The highest BCUT2D eigenvalue weighted by Crippen LogP contribution is 1.83. The Morgan fingerprint density at radius 3 is 2.64 bits per heavy atom. The summed E-state index contributed by atoms with van der Waals surface area (Å²) < 4.78 is 22.4. The molecule has 0 bridgehead atoms. The van der Waals surface area contributed by atoms with Crippen molar-refractivity contribution in [3.05, 3.63) is 27.0 Å². The zero-order chi connectivity index (χ0) is 10.8. The first kappa shape index (κ1) is 10.6. The molecule has 0 aliphatic rings. The molecule has 1 aromatic rings. The SMILES string of the molecule is CS(=O)(=O)CCn1ncc(=O)[nH]c1=O. The van der Waals surface area contributed by atoms with Crippen LogP contribution in [0.15, 0.2) is 15.8 Å². The van der Waals surface area contributed by atoms with E-state index in [0.717, 1.165) is 17.1 Å². The highest BCUT2D eigenvalue weighted by atomic mass is 32.2. The summed E-state index contributed by atoms with van der Waals surface area (Å²) in [6, 6.07) is 0. The molecule has 78 valence electrons. The standard InChI is InChI=1S/C6H9N3O4S/c1-14(12,13)3-2-9-6(11)8-5(10)4-7-9/h4H,2-3H2,1H3,(H,8,10,11). The van der Waals surface area contributed by atoms with E-state index in [1.54, 1.807) is 0 Å². The molecule has 0 unspecified atom stereocenters. The van der Waals surface area contributed by atoms with Gasteiger partial charge in [0.25, 0.3) is 5.56 Å². The number of rotatable bonds is 3. The summed E-state index contributed by atoms with van der Waals surface area (Å²) in [5.74, 6) is -0.189. The maximum atomic E-state index is 11.0. The molecule has 1 aromatic heterocycles. The van der Waals surface area contributed by atoms with E-state index < -0.39 is 21.1 Å².